The highest BCUT2D eigenvalue weighted by atomic mass is 14.8. The molecule has 1 rings (SSSR count). The van der Waals surface area contributed by atoms with E-state index in [1.54, 1.807) is 6.20 Å². The summed E-state index contributed by atoms with van der Waals surface area (Å²) in [4.78, 5) is 4.08. The van der Waals surface area contributed by atoms with Crippen LogP contribution in [0.25, 0.3) is 0 Å². The molecule has 0 amide bonds. The van der Waals surface area contributed by atoms with Crippen LogP contribution in [0.4, 0.5) is 5.82 Å². The number of nitrogen functional groups attached to an aromatic ring is 1. The Bertz CT molecular complexity index is 276. The van der Waals surface area contributed by atoms with E-state index in [1.807, 2.05) is 6.07 Å². The van der Waals surface area contributed by atoms with E-state index in [0.717, 1.165) is 24.8 Å². The van der Waals surface area contributed by atoms with Gasteiger partial charge in [0.15, 0.2) is 0 Å². The summed E-state index contributed by atoms with van der Waals surface area (Å²) in [5.74, 6) is 0.647. The Balaban J connectivity index is 2.66. The highest BCUT2D eigenvalue weighted by molar-refractivity contribution is 5.43. The van der Waals surface area contributed by atoms with Crippen molar-refractivity contribution in [1.82, 2.24) is 4.98 Å². The molecule has 0 aliphatic carbocycles. The molecular formula is C11H19N3. The van der Waals surface area contributed by atoms with Gasteiger partial charge in [-0.25, -0.2) is 4.98 Å². The second kappa shape index (κ2) is 4.96. The normalized spacial score (nSPS) is 12.8. The van der Waals surface area contributed by atoms with Gasteiger partial charge in [0.05, 0.1) is 0 Å². The number of hydrogen-bond donors (Lipinski definition) is 2. The lowest BCUT2D eigenvalue weighted by Crippen LogP contribution is -2.19. The zero-order valence-electron chi connectivity index (χ0n) is 8.96. The summed E-state index contributed by atoms with van der Waals surface area (Å²) in [5, 5.41) is 0. The Labute approximate surface area is 85.5 Å². The molecule has 14 heavy (non-hydrogen) atoms. The van der Waals surface area contributed by atoms with Crippen molar-refractivity contribution >= 4 is 5.82 Å². The predicted octanol–water partition coefficient (Wildman–Crippen LogP) is 1.64. The molecule has 0 aromatic carbocycles. The Hall–Kier alpha value is -1.09. The minimum atomic E-state index is 0.272. The lowest BCUT2D eigenvalue weighted by atomic mass is 10.0. The van der Waals surface area contributed by atoms with E-state index in [2.05, 4.69) is 18.8 Å². The van der Waals surface area contributed by atoms with Crippen LogP contribution in [0.15, 0.2) is 12.3 Å². The summed E-state index contributed by atoms with van der Waals surface area (Å²) >= 11 is 0. The van der Waals surface area contributed by atoms with E-state index >= 15 is 0 Å². The van der Waals surface area contributed by atoms with Crippen LogP contribution in [-0.4, -0.2) is 11.0 Å². The molecule has 4 N–H and O–H groups in total. The largest absolute Gasteiger partial charge is 0.383 e. The second-order valence-corrected chi connectivity index (χ2v) is 3.70. The van der Waals surface area contributed by atoms with E-state index in [0.29, 0.717) is 5.82 Å². The smallest absolute Gasteiger partial charge is 0.126 e. The predicted molar refractivity (Wildman–Crippen MR) is 60.0 cm³/mol. The minimum absolute atomic E-state index is 0.272. The monoisotopic (exact) mass is 193 g/mol. The van der Waals surface area contributed by atoms with Crippen LogP contribution in [0.5, 0.6) is 0 Å². The van der Waals surface area contributed by atoms with Crippen LogP contribution in [-0.2, 0) is 6.42 Å². The summed E-state index contributed by atoms with van der Waals surface area (Å²) < 4.78 is 0. The van der Waals surface area contributed by atoms with E-state index < -0.39 is 0 Å². The van der Waals surface area contributed by atoms with Crippen LogP contribution in [0.1, 0.15) is 30.9 Å². The number of nitrogens with two attached hydrogens (primary N) is 2. The third-order valence-corrected chi connectivity index (χ3v) is 2.61. The number of hydrogen-bond acceptors (Lipinski definition) is 3. The fourth-order valence-electron chi connectivity index (χ4n) is 1.47. The topological polar surface area (TPSA) is 64.9 Å². The van der Waals surface area contributed by atoms with Gasteiger partial charge in [0.2, 0.25) is 0 Å². The number of nitrogens with zero attached hydrogens (tertiary/aromatic N) is 1. The molecule has 1 aromatic heterocycles. The minimum Gasteiger partial charge on any atom is -0.383 e. The highest BCUT2D eigenvalue weighted by Crippen LogP contribution is 2.16. The molecule has 0 aliphatic rings. The molecule has 0 saturated carbocycles. The molecule has 78 valence electrons. The molecule has 0 fully saturated rings. The van der Waals surface area contributed by atoms with Crippen LogP contribution in [0.2, 0.25) is 0 Å². The summed E-state index contributed by atoms with van der Waals surface area (Å²) in [6, 6.07) is 2.26. The number of anilines is 1. The van der Waals surface area contributed by atoms with E-state index in [-0.39, 0.29) is 6.04 Å². The van der Waals surface area contributed by atoms with E-state index in [1.165, 1.54) is 5.56 Å². The van der Waals surface area contributed by atoms with Crippen molar-refractivity contribution in [1.29, 1.82) is 0 Å². The lowest BCUT2D eigenvalue weighted by molar-refractivity contribution is 0.595. The fraction of sp³-hybridized carbons (Fsp3) is 0.545. The first-order valence-corrected chi connectivity index (χ1v) is 5.10. The van der Waals surface area contributed by atoms with Crippen molar-refractivity contribution in [3.63, 3.8) is 0 Å². The van der Waals surface area contributed by atoms with E-state index in [4.69, 9.17) is 11.5 Å². The first kappa shape index (κ1) is 11.0. The molecule has 1 heterocycles. The van der Waals surface area contributed by atoms with Gasteiger partial charge in [-0.1, -0.05) is 6.92 Å². The van der Waals surface area contributed by atoms with Crippen molar-refractivity contribution in [2.75, 3.05) is 5.73 Å². The van der Waals surface area contributed by atoms with Gasteiger partial charge in [0.1, 0.15) is 5.82 Å². The van der Waals surface area contributed by atoms with Gasteiger partial charge in [-0.05, 0) is 43.4 Å². The average molecular weight is 193 g/mol. The summed E-state index contributed by atoms with van der Waals surface area (Å²) in [5.41, 5.74) is 14.0. The maximum Gasteiger partial charge on any atom is 0.126 e. The molecule has 0 aliphatic heterocycles. The van der Waals surface area contributed by atoms with Crippen LogP contribution >= 0.6 is 0 Å². The summed E-state index contributed by atoms with van der Waals surface area (Å²) in [7, 11) is 0. The molecule has 1 aromatic rings. The quantitative estimate of drug-likeness (QED) is 0.764. The van der Waals surface area contributed by atoms with Gasteiger partial charge >= 0.3 is 0 Å². The molecular weight excluding hydrogens is 174 g/mol. The number of rotatable bonds is 4. The third-order valence-electron chi connectivity index (χ3n) is 2.61. The Morgan fingerprint density at radius 2 is 2.21 bits per heavy atom. The van der Waals surface area contributed by atoms with Crippen molar-refractivity contribution in [3.05, 3.63) is 23.4 Å². The third kappa shape index (κ3) is 2.70. The van der Waals surface area contributed by atoms with Crippen molar-refractivity contribution in [3.8, 4) is 0 Å². The summed E-state index contributed by atoms with van der Waals surface area (Å²) in [6.45, 7) is 4.16. The maximum atomic E-state index is 5.86. The van der Waals surface area contributed by atoms with Crippen LogP contribution in [0.3, 0.4) is 0 Å². The van der Waals surface area contributed by atoms with Gasteiger partial charge in [0, 0.05) is 12.2 Å². The van der Waals surface area contributed by atoms with Crippen molar-refractivity contribution in [2.24, 2.45) is 5.73 Å². The standard InChI is InChI=1S/C11H19N3/c1-3-9(12)4-5-10-8(2)6-7-14-11(10)13/h6-7,9H,3-5,12H2,1-2H3,(H2,13,14). The molecule has 1 unspecified atom stereocenters. The zero-order chi connectivity index (χ0) is 10.6. The van der Waals surface area contributed by atoms with Crippen LogP contribution in [0, 0.1) is 6.92 Å². The lowest BCUT2D eigenvalue weighted by Gasteiger charge is -2.11. The molecule has 1 atom stereocenters. The maximum absolute atomic E-state index is 5.86. The van der Waals surface area contributed by atoms with Crippen molar-refractivity contribution in [2.45, 2.75) is 39.2 Å². The molecule has 3 nitrogen and oxygen atoms in total. The molecule has 0 spiro atoms. The Morgan fingerprint density at radius 1 is 1.50 bits per heavy atom. The zero-order valence-corrected chi connectivity index (χ0v) is 8.96. The van der Waals surface area contributed by atoms with Gasteiger partial charge in [-0.15, -0.1) is 0 Å². The van der Waals surface area contributed by atoms with Crippen molar-refractivity contribution < 1.29 is 0 Å². The Morgan fingerprint density at radius 3 is 2.79 bits per heavy atom. The second-order valence-electron chi connectivity index (χ2n) is 3.70. The molecule has 0 saturated heterocycles. The average Bonchev–Trinajstić information content (AvgIpc) is 2.16. The fourth-order valence-corrected chi connectivity index (χ4v) is 1.47. The first-order valence-electron chi connectivity index (χ1n) is 5.10. The Kier molecular flexibility index (Phi) is 3.89. The molecule has 0 radical (unpaired) electrons. The first-order chi connectivity index (χ1) is 6.65. The van der Waals surface area contributed by atoms with Crippen LogP contribution < -0.4 is 11.5 Å². The number of aryl methyl sites for hydroxylation is 1. The molecule has 0 bridgehead atoms. The SMILES string of the molecule is CCC(N)CCc1c(C)ccnc1N. The van der Waals surface area contributed by atoms with Gasteiger partial charge < -0.3 is 11.5 Å². The molecule has 3 heteroatoms. The van der Waals surface area contributed by atoms with Gasteiger partial charge in [-0.3, -0.25) is 0 Å². The van der Waals surface area contributed by atoms with Gasteiger partial charge in [0.25, 0.3) is 0 Å². The number of pyridine rings is 1. The number of aromatic nitrogens is 1. The summed E-state index contributed by atoms with van der Waals surface area (Å²) in [6.07, 6.45) is 4.67. The highest BCUT2D eigenvalue weighted by Gasteiger charge is 2.06. The van der Waals surface area contributed by atoms with Gasteiger partial charge in [-0.2, -0.15) is 0 Å². The van der Waals surface area contributed by atoms with E-state index in [9.17, 15) is 0 Å².